The molecule has 8 heteroatoms. The summed E-state index contributed by atoms with van der Waals surface area (Å²) in [7, 11) is 0. The Morgan fingerprint density at radius 3 is 2.59 bits per heavy atom. The Labute approximate surface area is 188 Å². The number of hydrogen-bond donors (Lipinski definition) is 2. The molecule has 2 N–H and O–H groups in total. The number of amides is 1. The third-order valence-electron chi connectivity index (χ3n) is 5.57. The molecule has 0 aliphatic carbocycles. The van der Waals surface area contributed by atoms with E-state index in [1.807, 2.05) is 25.1 Å². The van der Waals surface area contributed by atoms with Gasteiger partial charge in [0.15, 0.2) is 0 Å². The minimum absolute atomic E-state index is 0.102. The Hall–Kier alpha value is -3.52. The van der Waals surface area contributed by atoms with Gasteiger partial charge in [0, 0.05) is 51.0 Å². The first-order valence-corrected chi connectivity index (χ1v) is 10.9. The highest BCUT2D eigenvalue weighted by Gasteiger charge is 2.18. The van der Waals surface area contributed by atoms with Crippen LogP contribution in [0.25, 0.3) is 0 Å². The van der Waals surface area contributed by atoms with Crippen LogP contribution in [0.1, 0.15) is 24.5 Å². The largest absolute Gasteiger partial charge is 0.339 e. The Kier molecular flexibility index (Phi) is 6.91. The van der Waals surface area contributed by atoms with Crippen LogP contribution in [0.5, 0.6) is 0 Å². The summed E-state index contributed by atoms with van der Waals surface area (Å²) in [4.78, 5) is 29.5. The van der Waals surface area contributed by atoms with Crippen molar-refractivity contribution in [3.63, 3.8) is 0 Å². The van der Waals surface area contributed by atoms with Crippen molar-refractivity contribution in [2.24, 2.45) is 0 Å². The normalized spacial score (nSPS) is 14.6. The van der Waals surface area contributed by atoms with E-state index >= 15 is 0 Å². The molecule has 1 saturated heterocycles. The summed E-state index contributed by atoms with van der Waals surface area (Å²) in [6.45, 7) is 8.20. The Balaban J connectivity index is 1.42. The lowest BCUT2D eigenvalue weighted by Crippen LogP contribution is -2.31. The number of carbonyl (C=O) groups excluding carboxylic acids is 1. The van der Waals surface area contributed by atoms with Gasteiger partial charge in [0.1, 0.15) is 6.33 Å². The average Bonchev–Trinajstić information content (AvgIpc) is 3.03. The molecule has 3 aromatic rings. The van der Waals surface area contributed by atoms with Gasteiger partial charge in [-0.2, -0.15) is 4.98 Å². The highest BCUT2D eigenvalue weighted by molar-refractivity contribution is 5.90. The molecule has 1 fully saturated rings. The Morgan fingerprint density at radius 1 is 0.969 bits per heavy atom. The fourth-order valence-electron chi connectivity index (χ4n) is 3.89. The maximum Gasteiger partial charge on any atom is 0.232 e. The lowest BCUT2D eigenvalue weighted by molar-refractivity contribution is -0.114. The molecule has 4 rings (SSSR count). The van der Waals surface area contributed by atoms with Crippen molar-refractivity contribution in [3.05, 3.63) is 66.0 Å². The highest BCUT2D eigenvalue weighted by Crippen LogP contribution is 2.25. The van der Waals surface area contributed by atoms with Crippen LogP contribution in [0.4, 0.5) is 23.3 Å². The van der Waals surface area contributed by atoms with Crippen LogP contribution in [0.15, 0.2) is 54.9 Å². The maximum atomic E-state index is 11.4. The molecule has 0 radical (unpaired) electrons. The lowest BCUT2D eigenvalue weighted by atomic mass is 10.1. The summed E-state index contributed by atoms with van der Waals surface area (Å²) in [5.74, 6) is 1.07. The van der Waals surface area contributed by atoms with E-state index in [1.54, 1.807) is 6.33 Å². The smallest absolute Gasteiger partial charge is 0.232 e. The SMILES string of the molecule is CC(=O)Nc1cccc(Nc2ncnc(N3CCCN(Cc4ccccc4)CC3)n2)c1C. The van der Waals surface area contributed by atoms with Gasteiger partial charge in [-0.1, -0.05) is 36.4 Å². The molecule has 0 bridgehead atoms. The molecule has 2 heterocycles. The fourth-order valence-corrected chi connectivity index (χ4v) is 3.89. The van der Waals surface area contributed by atoms with Gasteiger partial charge in [-0.25, -0.2) is 9.97 Å². The van der Waals surface area contributed by atoms with Crippen molar-refractivity contribution in [2.45, 2.75) is 26.8 Å². The first kappa shape index (κ1) is 21.7. The zero-order valence-corrected chi connectivity index (χ0v) is 18.6. The zero-order chi connectivity index (χ0) is 22.3. The van der Waals surface area contributed by atoms with E-state index < -0.39 is 0 Å². The minimum atomic E-state index is -0.102. The number of carbonyl (C=O) groups is 1. The van der Waals surface area contributed by atoms with Crippen molar-refractivity contribution < 1.29 is 4.79 Å². The van der Waals surface area contributed by atoms with Crippen LogP contribution >= 0.6 is 0 Å². The van der Waals surface area contributed by atoms with Gasteiger partial charge < -0.3 is 15.5 Å². The van der Waals surface area contributed by atoms with Crippen molar-refractivity contribution in [3.8, 4) is 0 Å². The molecule has 0 atom stereocenters. The standard InChI is InChI=1S/C24H29N7O/c1-18-21(27-19(2)32)10-6-11-22(18)28-23-25-17-26-24(29-23)31-13-7-12-30(14-15-31)16-20-8-4-3-5-9-20/h3-6,8-11,17H,7,12-16H2,1-2H3,(H,27,32)(H,25,26,28,29). The van der Waals surface area contributed by atoms with Gasteiger partial charge in [-0.3, -0.25) is 9.69 Å². The first-order valence-electron chi connectivity index (χ1n) is 10.9. The molecule has 1 aliphatic heterocycles. The number of nitrogens with zero attached hydrogens (tertiary/aromatic N) is 5. The first-order chi connectivity index (χ1) is 15.6. The van der Waals surface area contributed by atoms with Crippen molar-refractivity contribution in [1.29, 1.82) is 0 Å². The predicted molar refractivity (Wildman–Crippen MR) is 127 cm³/mol. The molecule has 8 nitrogen and oxygen atoms in total. The second-order valence-corrected chi connectivity index (χ2v) is 8.00. The molecular weight excluding hydrogens is 402 g/mol. The molecule has 0 spiro atoms. The summed E-state index contributed by atoms with van der Waals surface area (Å²) in [6, 6.07) is 16.3. The zero-order valence-electron chi connectivity index (χ0n) is 18.6. The number of benzene rings is 2. The summed E-state index contributed by atoms with van der Waals surface area (Å²) >= 11 is 0. The van der Waals surface area contributed by atoms with Gasteiger partial charge in [-0.15, -0.1) is 0 Å². The quantitative estimate of drug-likeness (QED) is 0.617. The monoisotopic (exact) mass is 431 g/mol. The molecule has 1 aliphatic rings. The third kappa shape index (κ3) is 5.59. The number of rotatable bonds is 6. The molecule has 32 heavy (non-hydrogen) atoms. The molecular formula is C24H29N7O. The van der Waals surface area contributed by atoms with Crippen LogP contribution in [0.2, 0.25) is 0 Å². The van der Waals surface area contributed by atoms with Crippen LogP contribution in [0, 0.1) is 6.92 Å². The summed E-state index contributed by atoms with van der Waals surface area (Å²) < 4.78 is 0. The van der Waals surface area contributed by atoms with Gasteiger partial charge in [0.2, 0.25) is 17.8 Å². The van der Waals surface area contributed by atoms with E-state index in [0.29, 0.717) is 11.9 Å². The summed E-state index contributed by atoms with van der Waals surface area (Å²) in [6.07, 6.45) is 2.60. The molecule has 166 valence electrons. The number of anilines is 4. The van der Waals surface area contributed by atoms with Crippen molar-refractivity contribution in [2.75, 3.05) is 41.7 Å². The summed E-state index contributed by atoms with van der Waals surface area (Å²) in [5, 5.41) is 6.12. The van der Waals surface area contributed by atoms with Crippen LogP contribution in [0.3, 0.4) is 0 Å². The lowest BCUT2D eigenvalue weighted by Gasteiger charge is -2.22. The second-order valence-electron chi connectivity index (χ2n) is 8.00. The average molecular weight is 432 g/mol. The molecule has 0 unspecified atom stereocenters. The molecule has 0 saturated carbocycles. The number of hydrogen-bond acceptors (Lipinski definition) is 7. The van der Waals surface area contributed by atoms with Gasteiger partial charge in [0.25, 0.3) is 0 Å². The van der Waals surface area contributed by atoms with E-state index in [0.717, 1.165) is 56.1 Å². The minimum Gasteiger partial charge on any atom is -0.339 e. The van der Waals surface area contributed by atoms with Crippen molar-refractivity contribution >= 4 is 29.2 Å². The van der Waals surface area contributed by atoms with Crippen LogP contribution in [-0.4, -0.2) is 51.9 Å². The van der Waals surface area contributed by atoms with Gasteiger partial charge >= 0.3 is 0 Å². The highest BCUT2D eigenvalue weighted by atomic mass is 16.1. The van der Waals surface area contributed by atoms with E-state index in [2.05, 4.69) is 65.7 Å². The van der Waals surface area contributed by atoms with E-state index in [1.165, 1.54) is 12.5 Å². The molecule has 1 amide bonds. The van der Waals surface area contributed by atoms with E-state index in [9.17, 15) is 4.79 Å². The second kappa shape index (κ2) is 10.2. The third-order valence-corrected chi connectivity index (χ3v) is 5.57. The Morgan fingerprint density at radius 2 is 1.78 bits per heavy atom. The topological polar surface area (TPSA) is 86.3 Å². The fraction of sp³-hybridized carbons (Fsp3) is 0.333. The van der Waals surface area contributed by atoms with Gasteiger partial charge in [0.05, 0.1) is 0 Å². The Bertz CT molecular complexity index is 1060. The molecule has 2 aromatic carbocycles. The van der Waals surface area contributed by atoms with Crippen molar-refractivity contribution in [1.82, 2.24) is 19.9 Å². The van der Waals surface area contributed by atoms with Crippen LogP contribution in [-0.2, 0) is 11.3 Å². The number of aromatic nitrogens is 3. The summed E-state index contributed by atoms with van der Waals surface area (Å²) in [5.41, 5.74) is 3.88. The van der Waals surface area contributed by atoms with E-state index in [-0.39, 0.29) is 5.91 Å². The predicted octanol–water partition coefficient (Wildman–Crippen LogP) is 3.59. The number of nitrogens with one attached hydrogen (secondary N) is 2. The van der Waals surface area contributed by atoms with Gasteiger partial charge in [-0.05, 0) is 36.6 Å². The maximum absolute atomic E-state index is 11.4. The van der Waals surface area contributed by atoms with E-state index in [4.69, 9.17) is 0 Å². The van der Waals surface area contributed by atoms with Crippen LogP contribution < -0.4 is 15.5 Å². The molecule has 1 aromatic heterocycles.